The van der Waals surface area contributed by atoms with Gasteiger partial charge in [0.2, 0.25) is 0 Å². The molecule has 5 nitrogen and oxygen atoms in total. The van der Waals surface area contributed by atoms with Gasteiger partial charge in [-0.2, -0.15) is 0 Å². The van der Waals surface area contributed by atoms with Crippen molar-refractivity contribution in [1.82, 2.24) is 10.2 Å². The largest absolute Gasteiger partial charge is 0.341 e. The van der Waals surface area contributed by atoms with Crippen LogP contribution in [0.3, 0.4) is 0 Å². The average Bonchev–Trinajstić information content (AvgIpc) is 2.15. The van der Waals surface area contributed by atoms with Gasteiger partial charge >= 0.3 is 6.03 Å². The van der Waals surface area contributed by atoms with Crippen LogP contribution < -0.4 is 5.32 Å². The summed E-state index contributed by atoms with van der Waals surface area (Å²) in [6, 6.07) is -0.104. The third-order valence-corrected chi connectivity index (χ3v) is 4.32. The molecule has 1 aliphatic heterocycles. The Hall–Kier alpha value is -0.780. The fraction of sp³-hybridized carbons (Fsp3) is 0.875. The molecule has 1 heterocycles. The third-order valence-electron chi connectivity index (χ3n) is 2.61. The van der Waals surface area contributed by atoms with Crippen LogP contribution in [0.2, 0.25) is 0 Å². The average molecular weight is 220 g/mol. The predicted octanol–water partition coefficient (Wildman–Crippen LogP) is -0.165. The lowest BCUT2D eigenvalue weighted by Gasteiger charge is -2.30. The first-order chi connectivity index (χ1) is 6.46. The van der Waals surface area contributed by atoms with Crippen molar-refractivity contribution in [2.45, 2.75) is 18.9 Å². The highest BCUT2D eigenvalue weighted by Crippen LogP contribution is 2.16. The van der Waals surface area contributed by atoms with E-state index >= 15 is 0 Å². The maximum absolute atomic E-state index is 11.2. The molecule has 1 saturated heterocycles. The minimum Gasteiger partial charge on any atom is -0.341 e. The third kappa shape index (κ3) is 2.60. The van der Waals surface area contributed by atoms with Crippen LogP contribution in [0.1, 0.15) is 12.8 Å². The fourth-order valence-electron chi connectivity index (χ4n) is 1.61. The van der Waals surface area contributed by atoms with Crippen molar-refractivity contribution in [3.05, 3.63) is 0 Å². The van der Waals surface area contributed by atoms with Gasteiger partial charge in [0.25, 0.3) is 0 Å². The summed E-state index contributed by atoms with van der Waals surface area (Å²) >= 11 is 0. The number of amides is 2. The molecular formula is C8H16N2O3S. The molecule has 2 amide bonds. The van der Waals surface area contributed by atoms with Gasteiger partial charge in [0.1, 0.15) is 9.84 Å². The number of carbonyl (C=O) groups is 1. The highest BCUT2D eigenvalue weighted by molar-refractivity contribution is 7.91. The summed E-state index contributed by atoms with van der Waals surface area (Å²) in [6.45, 7) is 0. The maximum atomic E-state index is 11.2. The van der Waals surface area contributed by atoms with Gasteiger partial charge < -0.3 is 10.2 Å². The number of rotatable bonds is 1. The van der Waals surface area contributed by atoms with Crippen molar-refractivity contribution < 1.29 is 13.2 Å². The number of hydrogen-bond donors (Lipinski definition) is 1. The lowest BCUT2D eigenvalue weighted by atomic mass is 10.1. The van der Waals surface area contributed by atoms with E-state index in [1.807, 2.05) is 0 Å². The molecule has 1 aliphatic rings. The number of sulfone groups is 1. The zero-order valence-electron chi connectivity index (χ0n) is 8.49. The summed E-state index contributed by atoms with van der Waals surface area (Å²) in [6.07, 6.45) is 1.10. The molecule has 0 aromatic heterocycles. The van der Waals surface area contributed by atoms with E-state index in [-0.39, 0.29) is 23.6 Å². The second-order valence-electron chi connectivity index (χ2n) is 3.55. The molecule has 14 heavy (non-hydrogen) atoms. The summed E-state index contributed by atoms with van der Waals surface area (Å²) in [5.41, 5.74) is 0. The van der Waals surface area contributed by atoms with Crippen LogP contribution >= 0.6 is 0 Å². The van der Waals surface area contributed by atoms with Crippen molar-refractivity contribution in [1.29, 1.82) is 0 Å². The number of nitrogens with one attached hydrogen (secondary N) is 1. The summed E-state index contributed by atoms with van der Waals surface area (Å²) in [7, 11) is 0.424. The molecule has 0 saturated carbocycles. The number of carbonyl (C=O) groups excluding carboxylic acids is 1. The Morgan fingerprint density at radius 2 is 1.86 bits per heavy atom. The predicted molar refractivity (Wildman–Crippen MR) is 53.9 cm³/mol. The topological polar surface area (TPSA) is 66.5 Å². The van der Waals surface area contributed by atoms with Gasteiger partial charge in [-0.15, -0.1) is 0 Å². The Labute approximate surface area is 84.4 Å². The molecule has 0 aromatic rings. The van der Waals surface area contributed by atoms with E-state index in [1.165, 1.54) is 0 Å². The molecule has 1 N–H and O–H groups in total. The Morgan fingerprint density at radius 3 is 2.29 bits per heavy atom. The molecule has 0 radical (unpaired) electrons. The lowest BCUT2D eigenvalue weighted by molar-refractivity contribution is 0.188. The molecule has 1 rings (SSSR count). The van der Waals surface area contributed by atoms with Gasteiger partial charge in [-0.05, 0) is 12.8 Å². The first-order valence-corrected chi connectivity index (χ1v) is 6.43. The minimum absolute atomic E-state index is 0.0541. The summed E-state index contributed by atoms with van der Waals surface area (Å²) in [4.78, 5) is 12.8. The van der Waals surface area contributed by atoms with E-state index < -0.39 is 9.84 Å². The smallest absolute Gasteiger partial charge is 0.317 e. The van der Waals surface area contributed by atoms with Crippen LogP contribution in [-0.4, -0.2) is 51.0 Å². The quantitative estimate of drug-likeness (QED) is 0.667. The van der Waals surface area contributed by atoms with E-state index in [1.54, 1.807) is 19.0 Å². The molecule has 0 bridgehead atoms. The van der Waals surface area contributed by atoms with Gasteiger partial charge in [-0.1, -0.05) is 0 Å². The van der Waals surface area contributed by atoms with E-state index in [9.17, 15) is 13.2 Å². The normalized spacial score (nSPS) is 21.6. The van der Waals surface area contributed by atoms with Crippen LogP contribution in [0.25, 0.3) is 0 Å². The van der Waals surface area contributed by atoms with Crippen LogP contribution in [-0.2, 0) is 9.84 Å². The monoisotopic (exact) mass is 220 g/mol. The second-order valence-corrected chi connectivity index (χ2v) is 5.85. The lowest BCUT2D eigenvalue weighted by Crippen LogP contribution is -2.45. The minimum atomic E-state index is -2.84. The standard InChI is InChI=1S/C8H16N2O3S/c1-9-8(11)10(2)7-3-5-14(12,13)6-4-7/h7H,3-6H2,1-2H3,(H,9,11). The Bertz CT molecular complexity index is 299. The summed E-state index contributed by atoms with van der Waals surface area (Å²) in [5, 5.41) is 2.52. The van der Waals surface area contributed by atoms with Gasteiger partial charge in [-0.3, -0.25) is 0 Å². The molecule has 1 fully saturated rings. The SMILES string of the molecule is CNC(=O)N(C)C1CCS(=O)(=O)CC1. The number of hydrogen-bond acceptors (Lipinski definition) is 3. The van der Waals surface area contributed by atoms with Crippen LogP contribution in [0.4, 0.5) is 4.79 Å². The fourth-order valence-corrected chi connectivity index (χ4v) is 3.07. The second kappa shape index (κ2) is 4.16. The molecule has 6 heteroatoms. The number of urea groups is 1. The zero-order valence-corrected chi connectivity index (χ0v) is 9.30. The number of nitrogens with zero attached hydrogens (tertiary/aromatic N) is 1. The van der Waals surface area contributed by atoms with Gasteiger partial charge in [0.15, 0.2) is 0 Å². The Kier molecular flexibility index (Phi) is 3.36. The van der Waals surface area contributed by atoms with E-state index in [4.69, 9.17) is 0 Å². The van der Waals surface area contributed by atoms with Gasteiger partial charge in [-0.25, -0.2) is 13.2 Å². The van der Waals surface area contributed by atoms with Crippen molar-refractivity contribution >= 4 is 15.9 Å². The molecule has 0 spiro atoms. The van der Waals surface area contributed by atoms with Crippen LogP contribution in [0.15, 0.2) is 0 Å². The van der Waals surface area contributed by atoms with Crippen molar-refractivity contribution in [3.8, 4) is 0 Å². The Morgan fingerprint density at radius 1 is 1.36 bits per heavy atom. The summed E-state index contributed by atoms with van der Waals surface area (Å²) < 4.78 is 22.3. The highest BCUT2D eigenvalue weighted by atomic mass is 32.2. The van der Waals surface area contributed by atoms with Crippen LogP contribution in [0.5, 0.6) is 0 Å². The molecular weight excluding hydrogens is 204 g/mol. The molecule has 0 aromatic carbocycles. The van der Waals surface area contributed by atoms with Gasteiger partial charge in [0.05, 0.1) is 11.5 Å². The maximum Gasteiger partial charge on any atom is 0.317 e. The summed E-state index contributed by atoms with van der Waals surface area (Å²) in [5.74, 6) is 0.387. The van der Waals surface area contributed by atoms with Crippen molar-refractivity contribution in [2.75, 3.05) is 25.6 Å². The first kappa shape index (κ1) is 11.3. The first-order valence-electron chi connectivity index (χ1n) is 4.61. The zero-order chi connectivity index (χ0) is 10.8. The van der Waals surface area contributed by atoms with Crippen molar-refractivity contribution in [3.63, 3.8) is 0 Å². The highest BCUT2D eigenvalue weighted by Gasteiger charge is 2.27. The molecule has 82 valence electrons. The van der Waals surface area contributed by atoms with Crippen LogP contribution in [0, 0.1) is 0 Å². The van der Waals surface area contributed by atoms with Crippen molar-refractivity contribution in [2.24, 2.45) is 0 Å². The van der Waals surface area contributed by atoms with E-state index in [0.717, 1.165) is 0 Å². The Balaban J connectivity index is 2.53. The van der Waals surface area contributed by atoms with E-state index in [2.05, 4.69) is 5.32 Å². The van der Waals surface area contributed by atoms with Gasteiger partial charge in [0, 0.05) is 20.1 Å². The molecule has 0 atom stereocenters. The molecule has 0 unspecified atom stereocenters. The molecule has 0 aliphatic carbocycles. The van der Waals surface area contributed by atoms with E-state index in [0.29, 0.717) is 12.8 Å².